The second kappa shape index (κ2) is 15.4. The predicted octanol–water partition coefficient (Wildman–Crippen LogP) is 5.86. The minimum absolute atomic E-state index is 0.0348. The first-order valence-corrected chi connectivity index (χ1v) is 16.8. The number of hydrogen-bond donors (Lipinski definition) is 3. The summed E-state index contributed by atoms with van der Waals surface area (Å²) in [7, 11) is 0. The third kappa shape index (κ3) is 8.65. The molecule has 5 aromatic rings. The standard InChI is InChI=1S/C39H43N7O3/c1-27(49-26-29-11-5-4-6-12-29)24-40-39(2,3)23-36(47)41-34-22-21-31-13-7-10-16-35(31)46(38(34)48)25-28-17-19-30(20-18-28)32-14-8-9-15-33(32)37-42-44-45-43-37/h4-20,27,34,40H,21-26H2,1-3H3,(H,41,47)(H,42,43,44,45)/t27-,34+/m0/s1. The molecule has 252 valence electrons. The van der Waals surface area contributed by atoms with Gasteiger partial charge in [-0.2, -0.15) is 0 Å². The number of H-pyrrole nitrogens is 1. The van der Waals surface area contributed by atoms with Crippen molar-refractivity contribution < 1.29 is 14.3 Å². The van der Waals surface area contributed by atoms with Crippen LogP contribution in [0.2, 0.25) is 0 Å². The number of aryl methyl sites for hydroxylation is 1. The van der Waals surface area contributed by atoms with Gasteiger partial charge in [-0.25, -0.2) is 5.10 Å². The van der Waals surface area contributed by atoms with Gasteiger partial charge in [0.2, 0.25) is 11.8 Å². The summed E-state index contributed by atoms with van der Waals surface area (Å²) in [6.07, 6.45) is 1.41. The number of nitrogens with one attached hydrogen (secondary N) is 3. The minimum Gasteiger partial charge on any atom is -0.373 e. The zero-order valence-corrected chi connectivity index (χ0v) is 28.2. The molecule has 0 aliphatic carbocycles. The van der Waals surface area contributed by atoms with Gasteiger partial charge in [-0.15, -0.1) is 5.10 Å². The van der Waals surface area contributed by atoms with Crippen LogP contribution in [0.5, 0.6) is 0 Å². The van der Waals surface area contributed by atoms with Gasteiger partial charge in [0.25, 0.3) is 0 Å². The molecule has 0 fully saturated rings. The molecule has 2 amide bonds. The number of carbonyl (C=O) groups excluding carboxylic acids is 2. The molecule has 0 saturated carbocycles. The van der Waals surface area contributed by atoms with Crippen LogP contribution >= 0.6 is 0 Å². The zero-order chi connectivity index (χ0) is 34.2. The highest BCUT2D eigenvalue weighted by atomic mass is 16.5. The molecule has 49 heavy (non-hydrogen) atoms. The summed E-state index contributed by atoms with van der Waals surface area (Å²) in [6.45, 7) is 7.53. The van der Waals surface area contributed by atoms with Crippen molar-refractivity contribution in [1.82, 2.24) is 31.3 Å². The monoisotopic (exact) mass is 657 g/mol. The first-order valence-electron chi connectivity index (χ1n) is 16.8. The predicted molar refractivity (Wildman–Crippen MR) is 190 cm³/mol. The smallest absolute Gasteiger partial charge is 0.249 e. The zero-order valence-electron chi connectivity index (χ0n) is 28.2. The van der Waals surface area contributed by atoms with Crippen molar-refractivity contribution in [3.8, 4) is 22.5 Å². The van der Waals surface area contributed by atoms with Gasteiger partial charge < -0.3 is 20.3 Å². The molecular weight excluding hydrogens is 614 g/mol. The largest absolute Gasteiger partial charge is 0.373 e. The van der Waals surface area contributed by atoms with Crippen LogP contribution in [0.1, 0.15) is 50.3 Å². The van der Waals surface area contributed by atoms with Crippen molar-refractivity contribution in [2.24, 2.45) is 0 Å². The quantitative estimate of drug-likeness (QED) is 0.145. The van der Waals surface area contributed by atoms with E-state index in [1.54, 1.807) is 0 Å². The van der Waals surface area contributed by atoms with Crippen LogP contribution in [0.3, 0.4) is 0 Å². The number of fused-ring (bicyclic) bond motifs is 1. The van der Waals surface area contributed by atoms with Gasteiger partial charge in [-0.05, 0) is 77.9 Å². The molecule has 2 atom stereocenters. The highest BCUT2D eigenvalue weighted by Crippen LogP contribution is 2.32. The number of aromatic nitrogens is 4. The van der Waals surface area contributed by atoms with Crippen LogP contribution in [0, 0.1) is 0 Å². The maximum absolute atomic E-state index is 14.1. The van der Waals surface area contributed by atoms with Crippen LogP contribution in [-0.2, 0) is 33.9 Å². The summed E-state index contributed by atoms with van der Waals surface area (Å²) >= 11 is 0. The Kier molecular flexibility index (Phi) is 10.6. The third-order valence-electron chi connectivity index (χ3n) is 8.87. The number of para-hydroxylation sites is 1. The molecule has 6 rings (SSSR count). The Balaban J connectivity index is 1.10. The Morgan fingerprint density at radius 1 is 0.939 bits per heavy atom. The number of benzene rings is 4. The van der Waals surface area contributed by atoms with E-state index in [1.807, 2.05) is 123 Å². The van der Waals surface area contributed by atoms with Crippen LogP contribution in [0.25, 0.3) is 22.5 Å². The van der Waals surface area contributed by atoms with Gasteiger partial charge >= 0.3 is 0 Å². The molecule has 3 N–H and O–H groups in total. The fourth-order valence-electron chi connectivity index (χ4n) is 6.20. The van der Waals surface area contributed by atoms with E-state index in [-0.39, 0.29) is 24.3 Å². The van der Waals surface area contributed by atoms with Crippen molar-refractivity contribution in [2.45, 2.75) is 70.9 Å². The van der Waals surface area contributed by atoms with Gasteiger partial charge in [0.05, 0.1) is 19.3 Å². The molecule has 10 heteroatoms. The van der Waals surface area contributed by atoms with Crippen molar-refractivity contribution in [3.05, 3.63) is 120 Å². The fraction of sp³-hybridized carbons (Fsp3) is 0.308. The number of carbonyl (C=O) groups is 2. The van der Waals surface area contributed by atoms with E-state index in [0.717, 1.165) is 39.1 Å². The molecular formula is C39H43N7O3. The third-order valence-corrected chi connectivity index (χ3v) is 8.87. The summed E-state index contributed by atoms with van der Waals surface area (Å²) in [5.74, 6) is 0.324. The van der Waals surface area contributed by atoms with Crippen LogP contribution in [0.15, 0.2) is 103 Å². The lowest BCUT2D eigenvalue weighted by Gasteiger charge is -2.30. The van der Waals surface area contributed by atoms with Crippen LogP contribution in [-0.4, -0.2) is 56.7 Å². The molecule has 1 aliphatic heterocycles. The molecule has 0 spiro atoms. The van der Waals surface area contributed by atoms with E-state index in [2.05, 4.69) is 37.3 Å². The molecule has 0 unspecified atom stereocenters. The van der Waals surface area contributed by atoms with Crippen LogP contribution in [0.4, 0.5) is 5.69 Å². The maximum Gasteiger partial charge on any atom is 0.249 e. The fourth-order valence-corrected chi connectivity index (χ4v) is 6.20. The van der Waals surface area contributed by atoms with Gasteiger partial charge in [0.15, 0.2) is 5.82 Å². The second-order valence-electron chi connectivity index (χ2n) is 13.3. The van der Waals surface area contributed by atoms with E-state index < -0.39 is 11.6 Å². The van der Waals surface area contributed by atoms with Crippen molar-refractivity contribution in [3.63, 3.8) is 0 Å². The molecule has 0 saturated heterocycles. The lowest BCUT2D eigenvalue weighted by atomic mass is 9.98. The summed E-state index contributed by atoms with van der Waals surface area (Å²) in [5, 5.41) is 20.9. The minimum atomic E-state index is -0.634. The average Bonchev–Trinajstić information content (AvgIpc) is 3.62. The first kappa shape index (κ1) is 33.7. The number of nitrogens with zero attached hydrogens (tertiary/aromatic N) is 4. The molecule has 1 aromatic heterocycles. The second-order valence-corrected chi connectivity index (χ2v) is 13.3. The van der Waals surface area contributed by atoms with E-state index in [1.165, 1.54) is 0 Å². The number of rotatable bonds is 13. The lowest BCUT2D eigenvalue weighted by molar-refractivity contribution is -0.128. The lowest BCUT2D eigenvalue weighted by Crippen LogP contribution is -2.51. The highest BCUT2D eigenvalue weighted by molar-refractivity contribution is 6.00. The topological polar surface area (TPSA) is 125 Å². The van der Waals surface area contributed by atoms with Crippen molar-refractivity contribution in [1.29, 1.82) is 0 Å². The summed E-state index contributed by atoms with van der Waals surface area (Å²) in [5.41, 5.74) is 6.49. The van der Waals surface area contributed by atoms with Gasteiger partial charge in [-0.3, -0.25) is 9.59 Å². The highest BCUT2D eigenvalue weighted by Gasteiger charge is 2.33. The van der Waals surface area contributed by atoms with E-state index >= 15 is 0 Å². The van der Waals surface area contributed by atoms with Crippen molar-refractivity contribution in [2.75, 3.05) is 11.4 Å². The number of ether oxygens (including phenoxy) is 1. The SMILES string of the molecule is C[C@@H](CNC(C)(C)CC(=O)N[C@@H]1CCc2ccccc2N(Cc2ccc(-c3ccccc3-c3nnn[nH]3)cc2)C1=O)OCc1ccccc1. The Morgan fingerprint density at radius 3 is 2.41 bits per heavy atom. The van der Waals surface area contributed by atoms with E-state index in [4.69, 9.17) is 4.74 Å². The summed E-state index contributed by atoms with van der Waals surface area (Å²) in [6, 6.07) is 33.6. The number of amides is 2. The number of hydrogen-bond acceptors (Lipinski definition) is 7. The maximum atomic E-state index is 14.1. The molecule has 0 bridgehead atoms. The first-order chi connectivity index (χ1) is 23.8. The van der Waals surface area contributed by atoms with Gasteiger partial charge in [-0.1, -0.05) is 97.1 Å². The average molecular weight is 658 g/mol. The Labute approximate surface area is 287 Å². The molecule has 2 heterocycles. The normalized spacial score (nSPS) is 15.4. The van der Waals surface area contributed by atoms with E-state index in [9.17, 15) is 9.59 Å². The van der Waals surface area contributed by atoms with Gasteiger partial charge in [0.1, 0.15) is 6.04 Å². The number of tetrazole rings is 1. The van der Waals surface area contributed by atoms with Crippen molar-refractivity contribution >= 4 is 17.5 Å². The van der Waals surface area contributed by atoms with Gasteiger partial charge in [0, 0.05) is 29.8 Å². The summed E-state index contributed by atoms with van der Waals surface area (Å²) in [4.78, 5) is 29.3. The molecule has 0 radical (unpaired) electrons. The Hall–Kier alpha value is -5.19. The van der Waals surface area contributed by atoms with Crippen LogP contribution < -0.4 is 15.5 Å². The molecule has 10 nitrogen and oxygen atoms in total. The number of anilines is 1. The Morgan fingerprint density at radius 2 is 1.65 bits per heavy atom. The molecule has 1 aliphatic rings. The number of aromatic amines is 1. The molecule has 4 aromatic carbocycles. The Bertz CT molecular complexity index is 1840. The summed E-state index contributed by atoms with van der Waals surface area (Å²) < 4.78 is 6.00. The van der Waals surface area contributed by atoms with E-state index in [0.29, 0.717) is 38.4 Å².